The lowest BCUT2D eigenvalue weighted by Crippen LogP contribution is -2.41. The molecule has 17 heavy (non-hydrogen) atoms. The van der Waals surface area contributed by atoms with Crippen molar-refractivity contribution in [2.45, 2.75) is 44.6 Å². The van der Waals surface area contributed by atoms with Crippen LogP contribution >= 0.6 is 0 Å². The first kappa shape index (κ1) is 12.5. The van der Waals surface area contributed by atoms with Gasteiger partial charge in [-0.15, -0.1) is 0 Å². The second kappa shape index (κ2) is 5.13. The molecular formula is C14H19F2N. The van der Waals surface area contributed by atoms with Crippen LogP contribution in [0.15, 0.2) is 24.3 Å². The maximum atomic E-state index is 12.6. The van der Waals surface area contributed by atoms with Gasteiger partial charge in [0.25, 0.3) is 6.43 Å². The van der Waals surface area contributed by atoms with Crippen molar-refractivity contribution in [3.05, 3.63) is 35.4 Å². The third-order valence-corrected chi connectivity index (χ3v) is 3.75. The van der Waals surface area contributed by atoms with Crippen LogP contribution in [-0.2, 0) is 6.42 Å². The fourth-order valence-electron chi connectivity index (χ4n) is 2.68. The molecule has 0 bridgehead atoms. The zero-order valence-corrected chi connectivity index (χ0v) is 10.2. The first-order chi connectivity index (χ1) is 8.15. The molecule has 0 saturated carbocycles. The topological polar surface area (TPSA) is 12.0 Å². The Morgan fingerprint density at radius 3 is 2.82 bits per heavy atom. The molecule has 1 atom stereocenters. The highest BCUT2D eigenvalue weighted by molar-refractivity contribution is 5.26. The summed E-state index contributed by atoms with van der Waals surface area (Å²) in [6.45, 7) is 3.21. The lowest BCUT2D eigenvalue weighted by Gasteiger charge is -2.28. The maximum Gasteiger partial charge on any atom is 0.263 e. The molecule has 0 amide bonds. The Morgan fingerprint density at radius 2 is 2.24 bits per heavy atom. The van der Waals surface area contributed by atoms with Gasteiger partial charge in [0.15, 0.2) is 0 Å². The second-order valence-corrected chi connectivity index (χ2v) is 4.89. The van der Waals surface area contributed by atoms with E-state index < -0.39 is 6.43 Å². The fourth-order valence-corrected chi connectivity index (χ4v) is 2.68. The highest BCUT2D eigenvalue weighted by atomic mass is 19.3. The van der Waals surface area contributed by atoms with Crippen molar-refractivity contribution in [1.82, 2.24) is 5.32 Å². The number of benzene rings is 1. The van der Waals surface area contributed by atoms with Crippen LogP contribution in [-0.4, -0.2) is 12.1 Å². The average Bonchev–Trinajstić information content (AvgIpc) is 2.78. The minimum absolute atomic E-state index is 0.126. The van der Waals surface area contributed by atoms with Gasteiger partial charge >= 0.3 is 0 Å². The van der Waals surface area contributed by atoms with Gasteiger partial charge in [-0.3, -0.25) is 0 Å². The zero-order chi connectivity index (χ0) is 12.3. The van der Waals surface area contributed by atoms with E-state index in [1.54, 1.807) is 12.1 Å². The van der Waals surface area contributed by atoms with Crippen LogP contribution < -0.4 is 5.32 Å². The molecule has 1 aliphatic rings. The van der Waals surface area contributed by atoms with Crippen LogP contribution in [0.3, 0.4) is 0 Å². The molecule has 1 heterocycles. The van der Waals surface area contributed by atoms with E-state index in [0.717, 1.165) is 31.4 Å². The van der Waals surface area contributed by atoms with Gasteiger partial charge in [-0.25, -0.2) is 8.78 Å². The van der Waals surface area contributed by atoms with E-state index >= 15 is 0 Å². The van der Waals surface area contributed by atoms with Crippen molar-refractivity contribution in [1.29, 1.82) is 0 Å². The SMILES string of the molecule is CCC1(Cc2cccc(C(F)F)c2)CCCN1. The minimum atomic E-state index is -2.37. The normalized spacial score (nSPS) is 24.5. The van der Waals surface area contributed by atoms with Gasteiger partial charge in [0.1, 0.15) is 0 Å². The Labute approximate surface area is 101 Å². The second-order valence-electron chi connectivity index (χ2n) is 4.89. The third kappa shape index (κ3) is 2.83. The standard InChI is InChI=1S/C14H19F2N/c1-2-14(7-4-8-17-14)10-11-5-3-6-12(9-11)13(15)16/h3,5-6,9,13,17H,2,4,7-8,10H2,1H3. The van der Waals surface area contributed by atoms with Crippen molar-refractivity contribution < 1.29 is 8.78 Å². The molecule has 1 N–H and O–H groups in total. The van der Waals surface area contributed by atoms with Gasteiger partial charge in [0.2, 0.25) is 0 Å². The summed E-state index contributed by atoms with van der Waals surface area (Å²) in [5.41, 5.74) is 1.27. The van der Waals surface area contributed by atoms with E-state index in [2.05, 4.69) is 12.2 Å². The van der Waals surface area contributed by atoms with Crippen LogP contribution in [0.4, 0.5) is 8.78 Å². The van der Waals surface area contributed by atoms with Gasteiger partial charge in [-0.05, 0) is 37.8 Å². The minimum Gasteiger partial charge on any atom is -0.311 e. The summed E-state index contributed by atoms with van der Waals surface area (Å²) in [6, 6.07) is 6.81. The predicted molar refractivity (Wildman–Crippen MR) is 65.4 cm³/mol. The molecular weight excluding hydrogens is 220 g/mol. The molecule has 1 fully saturated rings. The van der Waals surface area contributed by atoms with Crippen molar-refractivity contribution in [2.75, 3.05) is 6.54 Å². The van der Waals surface area contributed by atoms with Gasteiger partial charge < -0.3 is 5.32 Å². The number of halogens is 2. The number of hydrogen-bond acceptors (Lipinski definition) is 1. The number of alkyl halides is 2. The zero-order valence-electron chi connectivity index (χ0n) is 10.2. The van der Waals surface area contributed by atoms with E-state index in [0.29, 0.717) is 0 Å². The number of hydrogen-bond donors (Lipinski definition) is 1. The molecule has 0 radical (unpaired) electrons. The van der Waals surface area contributed by atoms with Crippen LogP contribution in [0.25, 0.3) is 0 Å². The molecule has 3 heteroatoms. The van der Waals surface area contributed by atoms with Crippen molar-refractivity contribution in [3.63, 3.8) is 0 Å². The maximum absolute atomic E-state index is 12.6. The first-order valence-electron chi connectivity index (χ1n) is 6.27. The molecule has 1 nitrogen and oxygen atoms in total. The Bertz CT molecular complexity index is 370. The van der Waals surface area contributed by atoms with Gasteiger partial charge in [0, 0.05) is 11.1 Å². The Morgan fingerprint density at radius 1 is 1.41 bits per heavy atom. The smallest absolute Gasteiger partial charge is 0.263 e. The van der Waals surface area contributed by atoms with Crippen molar-refractivity contribution in [3.8, 4) is 0 Å². The molecule has 2 rings (SSSR count). The van der Waals surface area contributed by atoms with Crippen molar-refractivity contribution >= 4 is 0 Å². The summed E-state index contributed by atoms with van der Waals surface area (Å²) in [5, 5.41) is 3.53. The summed E-state index contributed by atoms with van der Waals surface area (Å²) >= 11 is 0. The number of rotatable bonds is 4. The molecule has 0 spiro atoms. The van der Waals surface area contributed by atoms with E-state index in [-0.39, 0.29) is 11.1 Å². The average molecular weight is 239 g/mol. The van der Waals surface area contributed by atoms with E-state index in [9.17, 15) is 8.78 Å². The van der Waals surface area contributed by atoms with E-state index in [1.807, 2.05) is 6.07 Å². The quantitative estimate of drug-likeness (QED) is 0.844. The summed E-state index contributed by atoms with van der Waals surface area (Å²) < 4.78 is 25.2. The molecule has 0 aliphatic carbocycles. The van der Waals surface area contributed by atoms with Gasteiger partial charge in [-0.2, -0.15) is 0 Å². The largest absolute Gasteiger partial charge is 0.311 e. The number of nitrogens with one attached hydrogen (secondary N) is 1. The Kier molecular flexibility index (Phi) is 3.77. The molecule has 1 aliphatic heterocycles. The predicted octanol–water partition coefficient (Wildman–Crippen LogP) is 3.70. The van der Waals surface area contributed by atoms with E-state index in [1.165, 1.54) is 12.5 Å². The fraction of sp³-hybridized carbons (Fsp3) is 0.571. The molecule has 1 aromatic carbocycles. The first-order valence-corrected chi connectivity index (χ1v) is 6.27. The molecule has 1 unspecified atom stereocenters. The van der Waals surface area contributed by atoms with Crippen molar-refractivity contribution in [2.24, 2.45) is 0 Å². The Balaban J connectivity index is 2.14. The van der Waals surface area contributed by atoms with Crippen LogP contribution in [0.1, 0.15) is 43.7 Å². The van der Waals surface area contributed by atoms with Crippen LogP contribution in [0.2, 0.25) is 0 Å². The summed E-state index contributed by atoms with van der Waals surface area (Å²) in [5.74, 6) is 0. The summed E-state index contributed by atoms with van der Waals surface area (Å²) in [7, 11) is 0. The molecule has 94 valence electrons. The molecule has 0 aromatic heterocycles. The Hall–Kier alpha value is -0.960. The van der Waals surface area contributed by atoms with Crippen LogP contribution in [0.5, 0.6) is 0 Å². The van der Waals surface area contributed by atoms with Crippen LogP contribution in [0, 0.1) is 0 Å². The highest BCUT2D eigenvalue weighted by Crippen LogP contribution is 2.28. The molecule has 1 aromatic rings. The highest BCUT2D eigenvalue weighted by Gasteiger charge is 2.31. The third-order valence-electron chi connectivity index (χ3n) is 3.75. The lowest BCUT2D eigenvalue weighted by atomic mass is 9.86. The van der Waals surface area contributed by atoms with Gasteiger partial charge in [-0.1, -0.05) is 31.2 Å². The lowest BCUT2D eigenvalue weighted by molar-refractivity contribution is 0.151. The summed E-state index contributed by atoms with van der Waals surface area (Å²) in [4.78, 5) is 0. The van der Waals surface area contributed by atoms with Gasteiger partial charge in [0.05, 0.1) is 0 Å². The molecule has 1 saturated heterocycles. The van der Waals surface area contributed by atoms with E-state index in [4.69, 9.17) is 0 Å². The summed E-state index contributed by atoms with van der Waals surface area (Å²) in [6.07, 6.45) is 1.85. The monoisotopic (exact) mass is 239 g/mol.